The highest BCUT2D eigenvalue weighted by molar-refractivity contribution is 7.98. The molecule has 0 radical (unpaired) electrons. The molecule has 4 rings (SSSR count). The number of aliphatic hydroxyl groups excluding tert-OH is 1. The molecule has 8 nitrogen and oxygen atoms in total. The lowest BCUT2D eigenvalue weighted by molar-refractivity contribution is -0.186. The van der Waals surface area contributed by atoms with Crippen molar-refractivity contribution in [2.45, 2.75) is 42.8 Å². The van der Waals surface area contributed by atoms with Crippen LogP contribution in [0.25, 0.3) is 5.69 Å². The Kier molecular flexibility index (Phi) is 7.31. The van der Waals surface area contributed by atoms with E-state index in [1.165, 1.54) is 0 Å². The minimum absolute atomic E-state index is 0.0211. The van der Waals surface area contributed by atoms with E-state index >= 15 is 0 Å². The van der Waals surface area contributed by atoms with Gasteiger partial charge < -0.3 is 9.84 Å². The van der Waals surface area contributed by atoms with Crippen molar-refractivity contribution in [1.82, 2.24) is 20.5 Å². The van der Waals surface area contributed by atoms with Crippen molar-refractivity contribution in [2.24, 2.45) is 0 Å². The van der Waals surface area contributed by atoms with Crippen LogP contribution in [-0.2, 0) is 21.9 Å². The first kappa shape index (κ1) is 21.5. The molecule has 0 aliphatic carbocycles. The molecule has 1 aromatic heterocycles. The quantitative estimate of drug-likeness (QED) is 0.410. The predicted molar refractivity (Wildman–Crippen MR) is 115 cm³/mol. The average Bonchev–Trinajstić information content (AvgIpc) is 3.31. The van der Waals surface area contributed by atoms with E-state index in [0.717, 1.165) is 41.1 Å². The molecule has 31 heavy (non-hydrogen) atoms. The van der Waals surface area contributed by atoms with Gasteiger partial charge >= 0.3 is 0 Å². The van der Waals surface area contributed by atoms with Crippen molar-refractivity contribution < 1.29 is 19.5 Å². The van der Waals surface area contributed by atoms with Gasteiger partial charge in [-0.05, 0) is 48.7 Å². The highest BCUT2D eigenvalue weighted by Crippen LogP contribution is 2.23. The Hall–Kier alpha value is -2.72. The number of nitrogens with one attached hydrogen (secondary N) is 1. The lowest BCUT2D eigenvalue weighted by Crippen LogP contribution is -2.33. The largest absolute Gasteiger partial charge is 0.392 e. The maximum Gasteiger partial charge on any atom is 0.275 e. The summed E-state index contributed by atoms with van der Waals surface area (Å²) in [6.07, 6.45) is 4.25. The first-order valence-electron chi connectivity index (χ1n) is 10.1. The summed E-state index contributed by atoms with van der Waals surface area (Å²) < 4.78 is 7.09. The van der Waals surface area contributed by atoms with Gasteiger partial charge in [-0.15, -0.1) is 16.9 Å². The topological polar surface area (TPSA) is 98.5 Å². The summed E-state index contributed by atoms with van der Waals surface area (Å²) in [4.78, 5) is 18.9. The summed E-state index contributed by atoms with van der Waals surface area (Å²) in [6, 6.07) is 14.9. The molecule has 1 atom stereocenters. The Balaban J connectivity index is 1.36. The van der Waals surface area contributed by atoms with Crippen molar-refractivity contribution in [1.29, 1.82) is 0 Å². The minimum Gasteiger partial charge on any atom is -0.392 e. The maximum atomic E-state index is 12.4. The SMILES string of the molecule is O=C(NOC1CCCCO1)c1cccc(-n2cc(CSc3cccc(CO)c3)nn2)c1. The van der Waals surface area contributed by atoms with E-state index in [1.54, 1.807) is 34.6 Å². The second-order valence-electron chi connectivity index (χ2n) is 7.14. The standard InChI is InChI=1S/C22H24N4O4S/c27-14-16-5-3-8-20(11-16)31-15-18-13-26(25-23-18)19-7-4-6-17(12-19)22(28)24-30-21-9-1-2-10-29-21/h3-8,11-13,21,27H,1-2,9-10,14-15H2,(H,24,28). The number of carbonyl (C=O) groups is 1. The Bertz CT molecular complexity index is 1020. The number of rotatable bonds is 8. The Labute approximate surface area is 184 Å². The number of carbonyl (C=O) groups excluding carboxylic acids is 1. The van der Waals surface area contributed by atoms with Crippen LogP contribution in [0.5, 0.6) is 0 Å². The minimum atomic E-state index is -0.394. The molecule has 3 aromatic rings. The number of amides is 1. The Morgan fingerprint density at radius 2 is 2.16 bits per heavy atom. The zero-order valence-corrected chi connectivity index (χ0v) is 17.8. The van der Waals surface area contributed by atoms with Crippen LogP contribution in [0, 0.1) is 0 Å². The molecule has 1 saturated heterocycles. The van der Waals surface area contributed by atoms with E-state index in [1.807, 2.05) is 36.5 Å². The molecular weight excluding hydrogens is 416 g/mol. The molecule has 9 heteroatoms. The monoisotopic (exact) mass is 440 g/mol. The fourth-order valence-electron chi connectivity index (χ4n) is 3.15. The van der Waals surface area contributed by atoms with Crippen molar-refractivity contribution >= 4 is 17.7 Å². The van der Waals surface area contributed by atoms with E-state index in [-0.39, 0.29) is 12.5 Å². The summed E-state index contributed by atoms with van der Waals surface area (Å²) in [5.74, 6) is 0.306. The van der Waals surface area contributed by atoms with E-state index in [0.29, 0.717) is 17.9 Å². The van der Waals surface area contributed by atoms with Gasteiger partial charge in [0, 0.05) is 29.2 Å². The highest BCUT2D eigenvalue weighted by atomic mass is 32.2. The zero-order chi connectivity index (χ0) is 21.5. The van der Waals surface area contributed by atoms with Gasteiger partial charge in [0.15, 0.2) is 6.29 Å². The van der Waals surface area contributed by atoms with Gasteiger partial charge in [0.25, 0.3) is 5.91 Å². The van der Waals surface area contributed by atoms with Crippen LogP contribution in [-0.4, -0.2) is 38.9 Å². The number of nitrogens with zero attached hydrogens (tertiary/aromatic N) is 3. The smallest absolute Gasteiger partial charge is 0.275 e. The third-order valence-electron chi connectivity index (χ3n) is 4.80. The predicted octanol–water partition coefficient (Wildman–Crippen LogP) is 3.24. The van der Waals surface area contributed by atoms with Crippen molar-refractivity contribution in [3.8, 4) is 5.69 Å². The van der Waals surface area contributed by atoms with E-state index < -0.39 is 6.29 Å². The van der Waals surface area contributed by atoms with Gasteiger partial charge in [0.05, 0.1) is 24.2 Å². The van der Waals surface area contributed by atoms with Crippen molar-refractivity contribution in [3.05, 3.63) is 71.5 Å². The third-order valence-corrected chi connectivity index (χ3v) is 5.83. The van der Waals surface area contributed by atoms with Crippen molar-refractivity contribution in [2.75, 3.05) is 6.61 Å². The van der Waals surface area contributed by atoms with Crippen LogP contribution in [0.2, 0.25) is 0 Å². The molecule has 162 valence electrons. The Morgan fingerprint density at radius 1 is 1.26 bits per heavy atom. The number of ether oxygens (including phenoxy) is 1. The number of hydrogen-bond donors (Lipinski definition) is 2. The van der Waals surface area contributed by atoms with Crippen LogP contribution in [0.3, 0.4) is 0 Å². The second kappa shape index (κ2) is 10.5. The molecule has 1 amide bonds. The summed E-state index contributed by atoms with van der Waals surface area (Å²) >= 11 is 1.62. The number of benzene rings is 2. The van der Waals surface area contributed by atoms with E-state index in [2.05, 4.69) is 15.8 Å². The molecule has 1 unspecified atom stereocenters. The van der Waals surface area contributed by atoms with Crippen LogP contribution in [0.4, 0.5) is 0 Å². The van der Waals surface area contributed by atoms with Crippen LogP contribution >= 0.6 is 11.8 Å². The second-order valence-corrected chi connectivity index (χ2v) is 8.19. The van der Waals surface area contributed by atoms with E-state index in [9.17, 15) is 9.90 Å². The summed E-state index contributed by atoms with van der Waals surface area (Å²) in [5, 5.41) is 17.7. The number of aromatic nitrogens is 3. The van der Waals surface area contributed by atoms with Gasteiger partial charge in [-0.2, -0.15) is 0 Å². The Morgan fingerprint density at radius 3 is 3.00 bits per heavy atom. The number of hydrogen-bond acceptors (Lipinski definition) is 7. The molecule has 1 fully saturated rings. The molecule has 2 heterocycles. The van der Waals surface area contributed by atoms with Gasteiger partial charge in [-0.3, -0.25) is 4.79 Å². The molecule has 2 aromatic carbocycles. The number of hydroxylamine groups is 1. The summed E-state index contributed by atoms with van der Waals surface area (Å²) in [7, 11) is 0. The van der Waals surface area contributed by atoms with Crippen LogP contribution < -0.4 is 5.48 Å². The fraction of sp³-hybridized carbons (Fsp3) is 0.318. The van der Waals surface area contributed by atoms with Gasteiger partial charge in [-0.1, -0.05) is 23.4 Å². The lowest BCUT2D eigenvalue weighted by Gasteiger charge is -2.22. The highest BCUT2D eigenvalue weighted by Gasteiger charge is 2.16. The van der Waals surface area contributed by atoms with E-state index in [4.69, 9.17) is 9.57 Å². The van der Waals surface area contributed by atoms with Gasteiger partial charge in [0.1, 0.15) is 0 Å². The zero-order valence-electron chi connectivity index (χ0n) is 16.9. The van der Waals surface area contributed by atoms with Crippen LogP contribution in [0.1, 0.15) is 40.9 Å². The molecule has 0 spiro atoms. The normalized spacial score (nSPS) is 16.2. The molecule has 1 aliphatic rings. The molecule has 2 N–H and O–H groups in total. The molecule has 0 bridgehead atoms. The first-order valence-corrected chi connectivity index (χ1v) is 11.1. The lowest BCUT2D eigenvalue weighted by atomic mass is 10.2. The third kappa shape index (κ3) is 5.92. The van der Waals surface area contributed by atoms with Crippen LogP contribution in [0.15, 0.2) is 59.6 Å². The number of aliphatic hydroxyl groups is 1. The fourth-order valence-corrected chi connectivity index (χ4v) is 4.01. The summed E-state index contributed by atoms with van der Waals surface area (Å²) in [6.45, 7) is 0.670. The number of thioether (sulfide) groups is 1. The average molecular weight is 441 g/mol. The molecular formula is C22H24N4O4S. The molecule has 0 saturated carbocycles. The molecule has 1 aliphatic heterocycles. The summed E-state index contributed by atoms with van der Waals surface area (Å²) in [5.41, 5.74) is 5.35. The van der Waals surface area contributed by atoms with Gasteiger partial charge in [-0.25, -0.2) is 15.0 Å². The maximum absolute atomic E-state index is 12.4. The first-order chi connectivity index (χ1) is 15.2. The van der Waals surface area contributed by atoms with Crippen molar-refractivity contribution in [3.63, 3.8) is 0 Å². The van der Waals surface area contributed by atoms with Gasteiger partial charge in [0.2, 0.25) is 0 Å².